The van der Waals surface area contributed by atoms with Crippen molar-refractivity contribution in [1.82, 2.24) is 0 Å². The van der Waals surface area contributed by atoms with Crippen molar-refractivity contribution in [2.75, 3.05) is 35.3 Å². The van der Waals surface area contributed by atoms with E-state index in [-0.39, 0.29) is 5.41 Å². The number of ether oxygens (including phenoxy) is 2. The second-order valence-corrected chi connectivity index (χ2v) is 8.93. The summed E-state index contributed by atoms with van der Waals surface area (Å²) in [5, 5.41) is 0. The van der Waals surface area contributed by atoms with E-state index in [4.69, 9.17) is 9.47 Å². The molecule has 0 aliphatic carbocycles. The molecule has 0 saturated heterocycles. The minimum Gasteiger partial charge on any atom is -0.381 e. The van der Waals surface area contributed by atoms with Crippen LogP contribution in [0.3, 0.4) is 0 Å². The predicted molar refractivity (Wildman–Crippen MR) is 129 cm³/mol. The number of hydrogen-bond donors (Lipinski definition) is 0. The molecule has 0 bridgehead atoms. The van der Waals surface area contributed by atoms with Gasteiger partial charge >= 0.3 is 0 Å². The summed E-state index contributed by atoms with van der Waals surface area (Å²) < 4.78 is 14.3. The Labute approximate surface area is 185 Å². The minimum absolute atomic E-state index is 0.200. The van der Waals surface area contributed by atoms with Gasteiger partial charge in [-0.3, -0.25) is 0 Å². The first-order chi connectivity index (χ1) is 12.2. The van der Waals surface area contributed by atoms with Crippen molar-refractivity contribution in [3.05, 3.63) is 0 Å². The van der Waals surface area contributed by atoms with Gasteiger partial charge in [-0.1, -0.05) is 123 Å². The lowest BCUT2D eigenvalue weighted by Gasteiger charge is -2.29. The molecule has 25 heavy (non-hydrogen) atoms. The van der Waals surface area contributed by atoms with Crippen LogP contribution in [0.5, 0.6) is 0 Å². The fourth-order valence-corrected chi connectivity index (χ4v) is 5.23. The van der Waals surface area contributed by atoms with E-state index in [1.807, 2.05) is 0 Å². The Balaban J connectivity index is 3.70. The molecular weight excluding hydrogens is 538 g/mol. The average Bonchev–Trinajstić information content (AvgIpc) is 2.64. The topological polar surface area (TPSA) is 18.5 Å². The van der Waals surface area contributed by atoms with Crippen LogP contribution in [0.1, 0.15) is 90.9 Å². The molecule has 0 aromatic carbocycles. The first kappa shape index (κ1) is 26.4. The van der Waals surface area contributed by atoms with E-state index in [2.05, 4.69) is 59.0 Å². The lowest BCUT2D eigenvalue weighted by atomic mass is 9.96. The summed E-state index contributed by atoms with van der Waals surface area (Å²) in [4.78, 5) is 0. The highest BCUT2D eigenvalue weighted by Gasteiger charge is 2.28. The van der Waals surface area contributed by atoms with Crippen LogP contribution in [0.4, 0.5) is 0 Å². The summed E-state index contributed by atoms with van der Waals surface area (Å²) in [6, 6.07) is 0. The van der Waals surface area contributed by atoms with Crippen LogP contribution in [0.25, 0.3) is 0 Å². The van der Waals surface area contributed by atoms with Gasteiger partial charge in [0.25, 0.3) is 0 Å². The summed E-state index contributed by atoms with van der Waals surface area (Å²) in [6.45, 7) is 8.07. The first-order valence-corrected chi connectivity index (χ1v) is 13.6. The molecule has 4 heteroatoms. The quantitative estimate of drug-likeness (QED) is 0.0840. The highest BCUT2D eigenvalue weighted by atomic mass is 127. The molecule has 0 amide bonds. The maximum absolute atomic E-state index is 6.02. The van der Waals surface area contributed by atoms with E-state index in [0.717, 1.165) is 35.3 Å². The van der Waals surface area contributed by atoms with E-state index in [0.29, 0.717) is 0 Å². The van der Waals surface area contributed by atoms with Crippen LogP contribution >= 0.6 is 45.2 Å². The Morgan fingerprint density at radius 1 is 0.560 bits per heavy atom. The normalized spacial score (nSPS) is 12.0. The van der Waals surface area contributed by atoms with Gasteiger partial charge in [-0.25, -0.2) is 0 Å². The maximum atomic E-state index is 6.02. The highest BCUT2D eigenvalue weighted by molar-refractivity contribution is 14.1. The summed E-state index contributed by atoms with van der Waals surface area (Å²) in [7, 11) is 0. The second kappa shape index (κ2) is 20.1. The number of hydrogen-bond acceptors (Lipinski definition) is 2. The molecule has 2 nitrogen and oxygen atoms in total. The van der Waals surface area contributed by atoms with Crippen molar-refractivity contribution in [2.45, 2.75) is 90.9 Å². The molecule has 0 fully saturated rings. The van der Waals surface area contributed by atoms with Crippen molar-refractivity contribution in [3.8, 4) is 0 Å². The smallest absolute Gasteiger partial charge is 0.0559 e. The van der Waals surface area contributed by atoms with E-state index in [1.54, 1.807) is 0 Å². The van der Waals surface area contributed by atoms with Crippen molar-refractivity contribution in [1.29, 1.82) is 0 Å². The van der Waals surface area contributed by atoms with E-state index >= 15 is 0 Å². The van der Waals surface area contributed by atoms with Crippen LogP contribution in [-0.2, 0) is 9.47 Å². The second-order valence-electron chi connectivity index (χ2n) is 7.41. The van der Waals surface area contributed by atoms with Gasteiger partial charge in [0.2, 0.25) is 0 Å². The Kier molecular flexibility index (Phi) is 21.2. The molecule has 0 aliphatic rings. The zero-order chi connectivity index (χ0) is 18.6. The van der Waals surface area contributed by atoms with Gasteiger partial charge in [0.15, 0.2) is 0 Å². The Morgan fingerprint density at radius 2 is 0.920 bits per heavy atom. The van der Waals surface area contributed by atoms with Gasteiger partial charge in [-0.15, -0.1) is 0 Å². The Hall–Kier alpha value is 1.38. The van der Waals surface area contributed by atoms with Crippen molar-refractivity contribution in [3.63, 3.8) is 0 Å². The standard InChI is InChI=1S/C21H42I2O2/c1-3-5-7-9-11-13-15-24-19-21(17-22,18-23)20-25-16-14-12-10-8-6-4-2/h3-20H2,1-2H3. The van der Waals surface area contributed by atoms with E-state index < -0.39 is 0 Å². The summed E-state index contributed by atoms with van der Waals surface area (Å²) >= 11 is 5.01. The lowest BCUT2D eigenvalue weighted by molar-refractivity contribution is 0.00260. The number of unbranched alkanes of at least 4 members (excludes halogenated alkanes) is 10. The largest absolute Gasteiger partial charge is 0.381 e. The van der Waals surface area contributed by atoms with Gasteiger partial charge in [0, 0.05) is 27.5 Å². The fourth-order valence-electron chi connectivity index (χ4n) is 2.78. The van der Waals surface area contributed by atoms with Crippen molar-refractivity contribution in [2.24, 2.45) is 5.41 Å². The molecule has 0 unspecified atom stereocenters. The highest BCUT2D eigenvalue weighted by Crippen LogP contribution is 2.25. The zero-order valence-corrected chi connectivity index (χ0v) is 21.1. The summed E-state index contributed by atoms with van der Waals surface area (Å²) in [6.07, 6.45) is 15.9. The zero-order valence-electron chi connectivity index (χ0n) is 16.8. The van der Waals surface area contributed by atoms with Crippen LogP contribution in [0.15, 0.2) is 0 Å². The monoisotopic (exact) mass is 580 g/mol. The molecule has 0 rings (SSSR count). The third-order valence-corrected chi connectivity index (χ3v) is 7.90. The lowest BCUT2D eigenvalue weighted by Crippen LogP contribution is -2.36. The molecule has 0 N–H and O–H groups in total. The van der Waals surface area contributed by atoms with E-state index in [9.17, 15) is 0 Å². The Morgan fingerprint density at radius 3 is 1.28 bits per heavy atom. The Bertz CT molecular complexity index is 236. The molecule has 152 valence electrons. The molecule has 0 saturated carbocycles. The molecule has 0 aromatic heterocycles. The van der Waals surface area contributed by atoms with Gasteiger partial charge in [-0.05, 0) is 12.8 Å². The van der Waals surface area contributed by atoms with Gasteiger partial charge < -0.3 is 9.47 Å². The van der Waals surface area contributed by atoms with Crippen LogP contribution in [-0.4, -0.2) is 35.3 Å². The van der Waals surface area contributed by atoms with Gasteiger partial charge in [0.05, 0.1) is 13.2 Å². The van der Waals surface area contributed by atoms with Gasteiger partial charge in [-0.2, -0.15) is 0 Å². The molecule has 0 aliphatic heterocycles. The predicted octanol–water partition coefficient (Wildman–Crippen LogP) is 7.60. The van der Waals surface area contributed by atoms with Crippen molar-refractivity contribution < 1.29 is 9.47 Å². The van der Waals surface area contributed by atoms with Crippen LogP contribution in [0, 0.1) is 5.41 Å². The molecule has 0 spiro atoms. The average molecular weight is 580 g/mol. The molecule has 0 aromatic rings. The van der Waals surface area contributed by atoms with Crippen LogP contribution in [0.2, 0.25) is 0 Å². The van der Waals surface area contributed by atoms with Gasteiger partial charge in [0.1, 0.15) is 0 Å². The third-order valence-electron chi connectivity index (χ3n) is 4.67. The SMILES string of the molecule is CCCCCCCCOCC(CI)(CI)COCCCCCCCC. The fraction of sp³-hybridized carbons (Fsp3) is 1.00. The minimum atomic E-state index is 0.200. The maximum Gasteiger partial charge on any atom is 0.0559 e. The molecule has 0 heterocycles. The molecule has 0 radical (unpaired) electrons. The molecular formula is C21H42I2O2. The summed E-state index contributed by atoms with van der Waals surface area (Å²) in [5.41, 5.74) is 0.200. The number of alkyl halides is 2. The summed E-state index contributed by atoms with van der Waals surface area (Å²) in [5.74, 6) is 0. The molecule has 0 atom stereocenters. The number of rotatable bonds is 20. The number of halogens is 2. The first-order valence-electron chi connectivity index (χ1n) is 10.5. The third kappa shape index (κ3) is 16.1. The van der Waals surface area contributed by atoms with Crippen LogP contribution < -0.4 is 0 Å². The van der Waals surface area contributed by atoms with Crippen molar-refractivity contribution >= 4 is 45.2 Å². The van der Waals surface area contributed by atoms with E-state index in [1.165, 1.54) is 77.0 Å².